The number of phenols is 2. The molecule has 0 amide bonds. The van der Waals surface area contributed by atoms with E-state index in [1.165, 1.54) is 26.2 Å². The predicted molar refractivity (Wildman–Crippen MR) is 177 cm³/mol. The number of methoxy groups -OCH3 is 1. The molecule has 11 nitrogen and oxygen atoms in total. The summed E-state index contributed by atoms with van der Waals surface area (Å²) in [7, 11) is 1.36. The van der Waals surface area contributed by atoms with E-state index in [-0.39, 0.29) is 52.5 Å². The fraction of sp³-hybridized carbons (Fsp3) is 0.595. The number of unbranched alkanes of at least 4 members (excludes halogenated alkanes) is 4. The number of nitrogens with zero attached hydrogens (tertiary/aromatic N) is 1. The number of fused-ring (bicyclic) bond motifs is 3. The van der Waals surface area contributed by atoms with Crippen molar-refractivity contribution in [2.24, 2.45) is 0 Å². The number of aliphatic hydroxyl groups excluding tert-OH is 1. The Morgan fingerprint density at radius 2 is 1.65 bits per heavy atom. The summed E-state index contributed by atoms with van der Waals surface area (Å²) in [4.78, 5) is 42.8. The van der Waals surface area contributed by atoms with Crippen LogP contribution in [0.1, 0.15) is 128 Å². The van der Waals surface area contributed by atoms with Gasteiger partial charge in [-0.1, -0.05) is 51.7 Å². The Hall–Kier alpha value is -3.35. The van der Waals surface area contributed by atoms with Crippen LogP contribution < -0.4 is 4.74 Å². The van der Waals surface area contributed by atoms with Crippen LogP contribution in [0.4, 0.5) is 0 Å². The van der Waals surface area contributed by atoms with E-state index >= 15 is 0 Å². The van der Waals surface area contributed by atoms with Gasteiger partial charge in [-0.15, -0.1) is 0 Å². The van der Waals surface area contributed by atoms with Crippen LogP contribution >= 0.6 is 0 Å². The molecule has 2 aromatic rings. The minimum Gasteiger partial charge on any atom is -0.507 e. The molecule has 0 radical (unpaired) electrons. The lowest BCUT2D eigenvalue weighted by Crippen LogP contribution is -2.56. The van der Waals surface area contributed by atoms with Crippen molar-refractivity contribution in [3.8, 4) is 17.2 Å². The Labute approximate surface area is 281 Å². The van der Waals surface area contributed by atoms with Gasteiger partial charge in [-0.2, -0.15) is 0 Å². The molecule has 4 N–H and O–H groups in total. The molecular formula is C37H49NO10. The molecule has 0 saturated carbocycles. The van der Waals surface area contributed by atoms with Crippen molar-refractivity contribution < 1.29 is 49.0 Å². The molecular weight excluding hydrogens is 618 g/mol. The molecule has 6 atom stereocenters. The number of benzene rings is 2. The number of Topliss-reactive ketones (excluding diaryl/α,β-unsaturated/α-hetero) is 1. The van der Waals surface area contributed by atoms with Gasteiger partial charge in [0, 0.05) is 42.0 Å². The summed E-state index contributed by atoms with van der Waals surface area (Å²) in [6, 6.07) is 4.22. The fourth-order valence-corrected chi connectivity index (χ4v) is 7.54. The first-order valence-corrected chi connectivity index (χ1v) is 17.2. The molecule has 5 rings (SSSR count). The molecule has 2 aromatic carbocycles. The van der Waals surface area contributed by atoms with Crippen LogP contribution in [0.15, 0.2) is 18.2 Å². The van der Waals surface area contributed by atoms with Gasteiger partial charge in [-0.25, -0.2) is 0 Å². The molecule has 0 spiro atoms. The summed E-state index contributed by atoms with van der Waals surface area (Å²) in [5.41, 5.74) is -2.85. The van der Waals surface area contributed by atoms with E-state index in [9.17, 15) is 34.8 Å². The summed E-state index contributed by atoms with van der Waals surface area (Å²) in [6.07, 6.45) is 2.26. The van der Waals surface area contributed by atoms with Crippen molar-refractivity contribution in [1.29, 1.82) is 0 Å². The average molecular weight is 668 g/mol. The first-order chi connectivity index (χ1) is 22.9. The van der Waals surface area contributed by atoms with Crippen LogP contribution in [-0.2, 0) is 20.7 Å². The van der Waals surface area contributed by atoms with Gasteiger partial charge < -0.3 is 34.6 Å². The zero-order chi connectivity index (χ0) is 34.9. The molecule has 48 heavy (non-hydrogen) atoms. The monoisotopic (exact) mass is 667 g/mol. The number of carbonyl (C=O) groups excluding carboxylic acids is 3. The first kappa shape index (κ1) is 35.9. The Balaban J connectivity index is 1.55. The van der Waals surface area contributed by atoms with E-state index in [4.69, 9.17) is 14.2 Å². The number of ketones is 3. The molecule has 3 aliphatic rings. The van der Waals surface area contributed by atoms with Crippen LogP contribution in [0.2, 0.25) is 0 Å². The normalized spacial score (nSPS) is 26.6. The van der Waals surface area contributed by atoms with Crippen molar-refractivity contribution in [2.45, 2.75) is 122 Å². The SMILES string of the molecule is CCCCCN(CCCCC)C1CC(O[C@H]2C[C@](O)(C(C)=O)Cc3c(O)c4c(c(O)c32)C(=O)c2c(OC)cccc2C4=O)OC(C)C1O. The maximum absolute atomic E-state index is 13.9. The number of carbonyl (C=O) groups is 3. The summed E-state index contributed by atoms with van der Waals surface area (Å²) >= 11 is 0. The summed E-state index contributed by atoms with van der Waals surface area (Å²) in [5, 5.41) is 46.3. The maximum Gasteiger partial charge on any atom is 0.202 e. The number of phenolic OH excluding ortho intramolecular Hbond substituents is 2. The highest BCUT2D eigenvalue weighted by Gasteiger charge is 2.50. The zero-order valence-electron chi connectivity index (χ0n) is 28.6. The Kier molecular flexibility index (Phi) is 11.0. The van der Waals surface area contributed by atoms with Crippen molar-refractivity contribution in [1.82, 2.24) is 4.90 Å². The number of rotatable bonds is 13. The number of hydrogen-bond acceptors (Lipinski definition) is 11. The van der Waals surface area contributed by atoms with Gasteiger partial charge in [0.25, 0.3) is 0 Å². The van der Waals surface area contributed by atoms with Gasteiger partial charge in [0.1, 0.15) is 22.8 Å². The van der Waals surface area contributed by atoms with Crippen molar-refractivity contribution >= 4 is 17.3 Å². The van der Waals surface area contributed by atoms with Crippen LogP contribution in [0.3, 0.4) is 0 Å². The van der Waals surface area contributed by atoms with Crippen molar-refractivity contribution in [2.75, 3.05) is 20.2 Å². The second kappa shape index (κ2) is 14.6. The largest absolute Gasteiger partial charge is 0.507 e. The van der Waals surface area contributed by atoms with Crippen LogP contribution in [0.5, 0.6) is 17.2 Å². The standard InChI is InChI=1S/C37H49NO10/c1-6-8-10-15-38(16-11-9-7-2)24-17-27(47-20(3)32(24)40)48-26-19-37(45,21(4)39)18-23-29(26)36(44)31-30(34(23)42)33(41)22-13-12-14-25(46-5)28(22)35(31)43/h12-14,20,24,26-27,32,40,42,44-45H,6-11,15-19H2,1-5H3/t20?,24?,26-,27?,32?,37-/m0/s1. The third-order valence-corrected chi connectivity index (χ3v) is 10.3. The lowest BCUT2D eigenvalue weighted by atomic mass is 9.72. The predicted octanol–water partition coefficient (Wildman–Crippen LogP) is 4.75. The molecule has 262 valence electrons. The van der Waals surface area contributed by atoms with Crippen LogP contribution in [-0.4, -0.2) is 93.0 Å². The Morgan fingerprint density at radius 1 is 1.00 bits per heavy atom. The van der Waals surface area contributed by atoms with Gasteiger partial charge in [0.05, 0.1) is 42.1 Å². The molecule has 1 heterocycles. The highest BCUT2D eigenvalue weighted by atomic mass is 16.7. The molecule has 4 unspecified atom stereocenters. The van der Waals surface area contributed by atoms with Gasteiger partial charge in [-0.05, 0) is 45.8 Å². The van der Waals surface area contributed by atoms with Crippen molar-refractivity contribution in [3.63, 3.8) is 0 Å². The number of aliphatic hydroxyl groups is 2. The second-order valence-electron chi connectivity index (χ2n) is 13.5. The Bertz CT molecular complexity index is 1550. The zero-order valence-corrected chi connectivity index (χ0v) is 28.6. The molecule has 1 fully saturated rings. The van der Waals surface area contributed by atoms with Crippen LogP contribution in [0.25, 0.3) is 0 Å². The minimum atomic E-state index is -2.00. The molecule has 1 aliphatic heterocycles. The van der Waals surface area contributed by atoms with Gasteiger partial charge in [-0.3, -0.25) is 19.3 Å². The summed E-state index contributed by atoms with van der Waals surface area (Å²) in [6.45, 7) is 8.88. The quantitative estimate of drug-likeness (QED) is 0.147. The van der Waals surface area contributed by atoms with E-state index in [1.807, 2.05) is 0 Å². The first-order valence-electron chi connectivity index (χ1n) is 17.2. The summed E-state index contributed by atoms with van der Waals surface area (Å²) in [5.74, 6) is -3.01. The third kappa shape index (κ3) is 6.50. The second-order valence-corrected chi connectivity index (χ2v) is 13.5. The van der Waals surface area contributed by atoms with E-state index in [0.717, 1.165) is 51.6 Å². The molecule has 11 heteroatoms. The van der Waals surface area contributed by atoms with E-state index < -0.39 is 71.0 Å². The number of hydrogen-bond donors (Lipinski definition) is 4. The maximum atomic E-state index is 13.9. The number of ether oxygens (including phenoxy) is 3. The van der Waals surface area contributed by atoms with E-state index in [1.54, 1.807) is 13.0 Å². The lowest BCUT2D eigenvalue weighted by molar-refractivity contribution is -0.258. The summed E-state index contributed by atoms with van der Waals surface area (Å²) < 4.78 is 18.0. The minimum absolute atomic E-state index is 0.00330. The van der Waals surface area contributed by atoms with Gasteiger partial charge >= 0.3 is 0 Å². The third-order valence-electron chi connectivity index (χ3n) is 10.3. The topological polar surface area (TPSA) is 163 Å². The number of aromatic hydroxyl groups is 2. The molecule has 1 saturated heterocycles. The van der Waals surface area contributed by atoms with Crippen molar-refractivity contribution in [3.05, 3.63) is 51.6 Å². The van der Waals surface area contributed by atoms with Gasteiger partial charge in [0.15, 0.2) is 17.9 Å². The fourth-order valence-electron chi connectivity index (χ4n) is 7.54. The van der Waals surface area contributed by atoms with E-state index in [2.05, 4.69) is 18.7 Å². The highest BCUT2D eigenvalue weighted by Crippen LogP contribution is 2.52. The molecule has 2 aliphatic carbocycles. The average Bonchev–Trinajstić information content (AvgIpc) is 3.05. The Morgan fingerprint density at radius 3 is 2.25 bits per heavy atom. The van der Waals surface area contributed by atoms with Gasteiger partial charge in [0.2, 0.25) is 5.78 Å². The highest BCUT2D eigenvalue weighted by molar-refractivity contribution is 6.31. The lowest BCUT2D eigenvalue weighted by Gasteiger charge is -2.45. The van der Waals surface area contributed by atoms with E-state index in [0.29, 0.717) is 0 Å². The molecule has 0 bridgehead atoms. The van der Waals surface area contributed by atoms with Crippen LogP contribution in [0, 0.1) is 0 Å². The smallest absolute Gasteiger partial charge is 0.202 e. The molecule has 0 aromatic heterocycles.